The molecule has 1 aromatic heterocycles. The predicted molar refractivity (Wildman–Crippen MR) is 66.6 cm³/mol. The second kappa shape index (κ2) is 5.36. The van der Waals surface area contributed by atoms with Gasteiger partial charge in [0, 0.05) is 29.5 Å². The molecule has 0 bridgehead atoms. The summed E-state index contributed by atoms with van der Waals surface area (Å²) in [4.78, 5) is 4.08. The van der Waals surface area contributed by atoms with Crippen molar-refractivity contribution in [3.63, 3.8) is 0 Å². The van der Waals surface area contributed by atoms with E-state index in [9.17, 15) is 0 Å². The Balaban J connectivity index is 2.79. The zero-order valence-corrected chi connectivity index (χ0v) is 10.4. The van der Waals surface area contributed by atoms with Crippen LogP contribution in [0, 0.1) is 6.92 Å². The van der Waals surface area contributed by atoms with E-state index >= 15 is 0 Å². The number of aromatic nitrogens is 1. The van der Waals surface area contributed by atoms with E-state index in [0.717, 1.165) is 18.5 Å². The quantitative estimate of drug-likeness (QED) is 0.777. The van der Waals surface area contributed by atoms with Gasteiger partial charge in [-0.1, -0.05) is 6.92 Å². The molecule has 3 heteroatoms. The van der Waals surface area contributed by atoms with Gasteiger partial charge in [-0.2, -0.15) is 0 Å². The molecule has 0 aliphatic rings. The number of hydrogen-bond donors (Lipinski definition) is 1. The number of nitrogens with zero attached hydrogens (tertiary/aromatic N) is 1. The number of aryl methyl sites for hydroxylation is 1. The molecule has 0 radical (unpaired) electrons. The third kappa shape index (κ3) is 3.38. The molecule has 1 heterocycles. The maximum absolute atomic E-state index is 5.82. The summed E-state index contributed by atoms with van der Waals surface area (Å²) in [5.41, 5.74) is 2.40. The maximum Gasteiger partial charge on any atom is 0.0404 e. The first-order valence-corrected chi connectivity index (χ1v) is 5.89. The minimum absolute atomic E-state index is 0.0772. The Kier molecular flexibility index (Phi) is 4.40. The summed E-state index contributed by atoms with van der Waals surface area (Å²) >= 11 is 5.82. The zero-order valence-electron chi connectivity index (χ0n) is 9.68. The molecule has 0 aromatic carbocycles. The molecular weight excluding hydrogens is 208 g/mol. The molecule has 1 unspecified atom stereocenters. The summed E-state index contributed by atoms with van der Waals surface area (Å²) in [6.45, 7) is 6.44. The van der Waals surface area contributed by atoms with Gasteiger partial charge in [0.2, 0.25) is 0 Å². The van der Waals surface area contributed by atoms with Crippen molar-refractivity contribution in [3.05, 3.63) is 24.0 Å². The SMILES string of the molecule is CCC(C)(CCCl)Nc1ccncc1C. The van der Waals surface area contributed by atoms with E-state index in [1.54, 1.807) is 0 Å². The van der Waals surface area contributed by atoms with Crippen LogP contribution in [0.3, 0.4) is 0 Å². The minimum atomic E-state index is 0.0772. The molecule has 2 nitrogen and oxygen atoms in total. The zero-order chi connectivity index (χ0) is 11.3. The van der Waals surface area contributed by atoms with Crippen molar-refractivity contribution in [2.24, 2.45) is 0 Å². The third-order valence-corrected chi connectivity index (χ3v) is 3.07. The lowest BCUT2D eigenvalue weighted by atomic mass is 9.95. The molecule has 0 spiro atoms. The summed E-state index contributed by atoms with van der Waals surface area (Å²) < 4.78 is 0. The lowest BCUT2D eigenvalue weighted by molar-refractivity contribution is 0.481. The van der Waals surface area contributed by atoms with Crippen LogP contribution < -0.4 is 5.32 Å². The van der Waals surface area contributed by atoms with Crippen LogP contribution in [0.15, 0.2) is 18.5 Å². The average Bonchev–Trinajstić information content (AvgIpc) is 2.22. The van der Waals surface area contributed by atoms with Crippen LogP contribution in [0.25, 0.3) is 0 Å². The molecule has 1 N–H and O–H groups in total. The van der Waals surface area contributed by atoms with E-state index in [1.807, 2.05) is 18.5 Å². The standard InChI is InChI=1S/C12H19ClN2/c1-4-12(3,6-7-13)15-11-5-8-14-9-10(11)2/h5,8-9H,4,6-7H2,1-3H3,(H,14,15). The van der Waals surface area contributed by atoms with Crippen LogP contribution in [0.1, 0.15) is 32.3 Å². The van der Waals surface area contributed by atoms with Gasteiger partial charge in [0.15, 0.2) is 0 Å². The normalized spacial score (nSPS) is 14.7. The fourth-order valence-electron chi connectivity index (χ4n) is 1.47. The first kappa shape index (κ1) is 12.3. The Morgan fingerprint density at radius 3 is 2.80 bits per heavy atom. The van der Waals surface area contributed by atoms with Crippen LogP contribution in [0.2, 0.25) is 0 Å². The maximum atomic E-state index is 5.82. The van der Waals surface area contributed by atoms with Crippen molar-refractivity contribution < 1.29 is 0 Å². The summed E-state index contributed by atoms with van der Waals surface area (Å²) in [5, 5.41) is 3.55. The van der Waals surface area contributed by atoms with E-state index in [0.29, 0.717) is 5.88 Å². The molecule has 84 valence electrons. The largest absolute Gasteiger partial charge is 0.380 e. The number of halogens is 1. The van der Waals surface area contributed by atoms with E-state index in [-0.39, 0.29) is 5.54 Å². The van der Waals surface area contributed by atoms with Crippen LogP contribution in [0.5, 0.6) is 0 Å². The average molecular weight is 227 g/mol. The topological polar surface area (TPSA) is 24.9 Å². The summed E-state index contributed by atoms with van der Waals surface area (Å²) in [6, 6.07) is 2.01. The number of alkyl halides is 1. The second-order valence-corrected chi connectivity index (χ2v) is 4.55. The van der Waals surface area contributed by atoms with Gasteiger partial charge in [-0.3, -0.25) is 4.98 Å². The van der Waals surface area contributed by atoms with Crippen LogP contribution in [0.4, 0.5) is 5.69 Å². The molecule has 0 saturated carbocycles. The first-order valence-electron chi connectivity index (χ1n) is 5.36. The van der Waals surface area contributed by atoms with Gasteiger partial charge in [0.1, 0.15) is 0 Å². The first-order chi connectivity index (χ1) is 7.11. The summed E-state index contributed by atoms with van der Waals surface area (Å²) in [6.07, 6.45) is 5.71. The molecule has 0 amide bonds. The Labute approximate surface area is 97.1 Å². The number of pyridine rings is 1. The molecule has 1 atom stereocenters. The number of hydrogen-bond acceptors (Lipinski definition) is 2. The Bertz CT molecular complexity index is 314. The van der Waals surface area contributed by atoms with Crippen molar-refractivity contribution in [3.8, 4) is 0 Å². The predicted octanol–water partition coefficient (Wildman–Crippen LogP) is 3.60. The van der Waals surface area contributed by atoms with Crippen molar-refractivity contribution in [1.82, 2.24) is 4.98 Å². The van der Waals surface area contributed by atoms with E-state index in [1.165, 1.54) is 5.56 Å². The van der Waals surface area contributed by atoms with Crippen LogP contribution in [-0.2, 0) is 0 Å². The van der Waals surface area contributed by atoms with Gasteiger partial charge in [0.05, 0.1) is 0 Å². The Hall–Kier alpha value is -0.760. The highest BCUT2D eigenvalue weighted by molar-refractivity contribution is 6.17. The molecule has 0 aliphatic carbocycles. The smallest absolute Gasteiger partial charge is 0.0404 e. The molecule has 1 rings (SSSR count). The number of nitrogens with one attached hydrogen (secondary N) is 1. The summed E-state index contributed by atoms with van der Waals surface area (Å²) in [5.74, 6) is 0.682. The fourth-order valence-corrected chi connectivity index (χ4v) is 1.89. The third-order valence-electron chi connectivity index (χ3n) is 2.88. The molecule has 0 aliphatic heterocycles. The molecule has 0 saturated heterocycles. The highest BCUT2D eigenvalue weighted by Gasteiger charge is 2.21. The minimum Gasteiger partial charge on any atom is -0.380 e. The van der Waals surface area contributed by atoms with Gasteiger partial charge in [-0.25, -0.2) is 0 Å². The highest BCUT2D eigenvalue weighted by atomic mass is 35.5. The van der Waals surface area contributed by atoms with Gasteiger partial charge in [-0.15, -0.1) is 11.6 Å². The van der Waals surface area contributed by atoms with E-state index in [2.05, 4.69) is 31.1 Å². The van der Waals surface area contributed by atoms with Gasteiger partial charge in [0.25, 0.3) is 0 Å². The summed E-state index contributed by atoms with van der Waals surface area (Å²) in [7, 11) is 0. The van der Waals surface area contributed by atoms with Gasteiger partial charge >= 0.3 is 0 Å². The van der Waals surface area contributed by atoms with Crippen molar-refractivity contribution >= 4 is 17.3 Å². The Morgan fingerprint density at radius 2 is 2.27 bits per heavy atom. The van der Waals surface area contributed by atoms with E-state index in [4.69, 9.17) is 11.6 Å². The van der Waals surface area contributed by atoms with Gasteiger partial charge in [-0.05, 0) is 38.3 Å². The molecular formula is C12H19ClN2. The van der Waals surface area contributed by atoms with Crippen LogP contribution >= 0.6 is 11.6 Å². The van der Waals surface area contributed by atoms with Crippen molar-refractivity contribution in [2.45, 2.75) is 39.2 Å². The van der Waals surface area contributed by atoms with Crippen LogP contribution in [-0.4, -0.2) is 16.4 Å². The molecule has 1 aromatic rings. The Morgan fingerprint density at radius 1 is 1.53 bits per heavy atom. The lowest BCUT2D eigenvalue weighted by Gasteiger charge is -2.30. The van der Waals surface area contributed by atoms with Gasteiger partial charge < -0.3 is 5.32 Å². The lowest BCUT2D eigenvalue weighted by Crippen LogP contribution is -2.34. The molecule has 15 heavy (non-hydrogen) atoms. The number of anilines is 1. The second-order valence-electron chi connectivity index (χ2n) is 4.17. The molecule has 0 fully saturated rings. The monoisotopic (exact) mass is 226 g/mol. The van der Waals surface area contributed by atoms with E-state index < -0.39 is 0 Å². The van der Waals surface area contributed by atoms with Crippen molar-refractivity contribution in [1.29, 1.82) is 0 Å². The number of rotatable bonds is 5. The highest BCUT2D eigenvalue weighted by Crippen LogP contribution is 2.24. The fraction of sp³-hybridized carbons (Fsp3) is 0.583. The van der Waals surface area contributed by atoms with Crippen molar-refractivity contribution in [2.75, 3.05) is 11.2 Å².